The van der Waals surface area contributed by atoms with E-state index < -0.39 is 0 Å². The molecule has 0 atom stereocenters. The SMILES string of the molecule is CC(C)c1nc2ccccn2c1N=Nc1cccc(Cl)c1Cl. The lowest BCUT2D eigenvalue weighted by Gasteiger charge is -2.02. The van der Waals surface area contributed by atoms with E-state index in [1.54, 1.807) is 18.2 Å². The van der Waals surface area contributed by atoms with E-state index in [1.165, 1.54) is 0 Å². The molecule has 3 aromatic rings. The highest BCUT2D eigenvalue weighted by molar-refractivity contribution is 6.43. The second kappa shape index (κ2) is 6.07. The summed E-state index contributed by atoms with van der Waals surface area (Å²) in [5.41, 5.74) is 2.28. The maximum atomic E-state index is 6.15. The lowest BCUT2D eigenvalue weighted by atomic mass is 10.1. The maximum Gasteiger partial charge on any atom is 0.183 e. The number of hydrogen-bond acceptors (Lipinski definition) is 3. The second-order valence-corrected chi connectivity index (χ2v) is 5.96. The largest absolute Gasteiger partial charge is 0.283 e. The molecule has 0 fully saturated rings. The maximum absolute atomic E-state index is 6.15. The third-order valence-electron chi connectivity index (χ3n) is 3.26. The minimum atomic E-state index is 0.240. The Kier molecular flexibility index (Phi) is 4.14. The molecular weight excluding hydrogens is 319 g/mol. The van der Waals surface area contributed by atoms with Crippen molar-refractivity contribution in [3.63, 3.8) is 0 Å². The molecule has 0 saturated carbocycles. The minimum Gasteiger partial charge on any atom is -0.283 e. The van der Waals surface area contributed by atoms with Crippen molar-refractivity contribution in [3.8, 4) is 0 Å². The van der Waals surface area contributed by atoms with Crippen LogP contribution in [0.1, 0.15) is 25.5 Å². The first-order chi connectivity index (χ1) is 10.6. The quantitative estimate of drug-likeness (QED) is 0.528. The molecule has 2 heterocycles. The first-order valence-electron chi connectivity index (χ1n) is 6.90. The Bertz CT molecular complexity index is 852. The van der Waals surface area contributed by atoms with Gasteiger partial charge in [0.1, 0.15) is 11.3 Å². The fourth-order valence-corrected chi connectivity index (χ4v) is 2.49. The van der Waals surface area contributed by atoms with Gasteiger partial charge in [-0.25, -0.2) is 4.98 Å². The Morgan fingerprint density at radius 1 is 1.05 bits per heavy atom. The van der Waals surface area contributed by atoms with Gasteiger partial charge in [0.25, 0.3) is 0 Å². The zero-order valence-electron chi connectivity index (χ0n) is 12.2. The van der Waals surface area contributed by atoms with Gasteiger partial charge >= 0.3 is 0 Å². The average molecular weight is 333 g/mol. The van der Waals surface area contributed by atoms with Crippen LogP contribution in [-0.2, 0) is 0 Å². The monoisotopic (exact) mass is 332 g/mol. The molecule has 0 unspecified atom stereocenters. The van der Waals surface area contributed by atoms with Crippen molar-refractivity contribution >= 4 is 40.4 Å². The van der Waals surface area contributed by atoms with Gasteiger partial charge in [-0.05, 0) is 30.2 Å². The summed E-state index contributed by atoms with van der Waals surface area (Å²) >= 11 is 12.1. The van der Waals surface area contributed by atoms with Crippen LogP contribution in [0.4, 0.5) is 11.5 Å². The van der Waals surface area contributed by atoms with Crippen LogP contribution >= 0.6 is 23.2 Å². The number of halogens is 2. The van der Waals surface area contributed by atoms with Crippen LogP contribution in [0.3, 0.4) is 0 Å². The summed E-state index contributed by atoms with van der Waals surface area (Å²) < 4.78 is 1.91. The number of pyridine rings is 1. The molecule has 0 aliphatic heterocycles. The fraction of sp³-hybridized carbons (Fsp3) is 0.188. The van der Waals surface area contributed by atoms with E-state index in [4.69, 9.17) is 23.2 Å². The molecule has 0 aliphatic rings. The summed E-state index contributed by atoms with van der Waals surface area (Å²) in [7, 11) is 0. The summed E-state index contributed by atoms with van der Waals surface area (Å²) in [6, 6.07) is 11.1. The second-order valence-electron chi connectivity index (χ2n) is 5.18. The Morgan fingerprint density at radius 3 is 2.64 bits per heavy atom. The number of nitrogens with zero attached hydrogens (tertiary/aromatic N) is 4. The van der Waals surface area contributed by atoms with E-state index >= 15 is 0 Å². The van der Waals surface area contributed by atoms with Gasteiger partial charge in [-0.1, -0.05) is 49.2 Å². The molecule has 0 saturated heterocycles. The van der Waals surface area contributed by atoms with Crippen molar-refractivity contribution in [2.24, 2.45) is 10.2 Å². The number of rotatable bonds is 3. The normalized spacial score (nSPS) is 11.9. The van der Waals surface area contributed by atoms with Gasteiger partial charge in [-0.15, -0.1) is 10.2 Å². The van der Waals surface area contributed by atoms with Crippen molar-refractivity contribution in [2.75, 3.05) is 0 Å². The highest BCUT2D eigenvalue weighted by atomic mass is 35.5. The highest BCUT2D eigenvalue weighted by Gasteiger charge is 2.14. The molecule has 0 spiro atoms. The number of benzene rings is 1. The van der Waals surface area contributed by atoms with Gasteiger partial charge in [0.05, 0.1) is 15.7 Å². The molecule has 22 heavy (non-hydrogen) atoms. The van der Waals surface area contributed by atoms with E-state index in [1.807, 2.05) is 28.8 Å². The number of fused-ring (bicyclic) bond motifs is 1. The van der Waals surface area contributed by atoms with Gasteiger partial charge in [-0.3, -0.25) is 4.40 Å². The van der Waals surface area contributed by atoms with E-state index in [0.29, 0.717) is 21.6 Å². The van der Waals surface area contributed by atoms with Crippen molar-refractivity contribution < 1.29 is 0 Å². The Balaban J connectivity index is 2.11. The molecule has 4 nitrogen and oxygen atoms in total. The fourth-order valence-electron chi connectivity index (χ4n) is 2.16. The van der Waals surface area contributed by atoms with Crippen LogP contribution in [0.5, 0.6) is 0 Å². The van der Waals surface area contributed by atoms with E-state index in [2.05, 4.69) is 29.1 Å². The lowest BCUT2D eigenvalue weighted by Crippen LogP contribution is -1.87. The third kappa shape index (κ3) is 2.72. The summed E-state index contributed by atoms with van der Waals surface area (Å²) in [6.07, 6.45) is 1.92. The molecule has 0 bridgehead atoms. The average Bonchev–Trinajstić information content (AvgIpc) is 2.88. The lowest BCUT2D eigenvalue weighted by molar-refractivity contribution is 0.831. The standard InChI is InChI=1S/C16H14Cl2N4/c1-10(2)15-16(22-9-4-3-8-13(22)19-15)21-20-12-7-5-6-11(17)14(12)18/h3-10H,1-2H3. The molecular formula is C16H14Cl2N4. The third-order valence-corrected chi connectivity index (χ3v) is 4.07. The van der Waals surface area contributed by atoms with Crippen LogP contribution in [0, 0.1) is 0 Å². The molecule has 0 amide bonds. The predicted octanol–water partition coefficient (Wildman–Crippen LogP) is 6.18. The Hall–Kier alpha value is -1.91. The molecule has 0 N–H and O–H groups in total. The molecule has 0 aliphatic carbocycles. The molecule has 1 aromatic carbocycles. The van der Waals surface area contributed by atoms with Crippen LogP contribution in [-0.4, -0.2) is 9.38 Å². The van der Waals surface area contributed by atoms with Crippen LogP contribution in [0.15, 0.2) is 52.8 Å². The topological polar surface area (TPSA) is 42.0 Å². The molecule has 112 valence electrons. The van der Waals surface area contributed by atoms with Crippen LogP contribution in [0.25, 0.3) is 5.65 Å². The smallest absolute Gasteiger partial charge is 0.183 e. The first kappa shape index (κ1) is 15.0. The molecule has 2 aromatic heterocycles. The van der Waals surface area contributed by atoms with Crippen LogP contribution in [0.2, 0.25) is 10.0 Å². The molecule has 6 heteroatoms. The van der Waals surface area contributed by atoms with Gasteiger partial charge in [0.15, 0.2) is 5.82 Å². The van der Waals surface area contributed by atoms with Crippen molar-refractivity contribution in [1.82, 2.24) is 9.38 Å². The summed E-state index contributed by atoms with van der Waals surface area (Å²) in [6.45, 7) is 4.15. The number of aromatic nitrogens is 2. The summed E-state index contributed by atoms with van der Waals surface area (Å²) in [5.74, 6) is 0.949. The zero-order chi connectivity index (χ0) is 15.7. The Labute approximate surface area is 138 Å². The van der Waals surface area contributed by atoms with E-state index in [0.717, 1.165) is 11.3 Å². The predicted molar refractivity (Wildman–Crippen MR) is 89.9 cm³/mol. The van der Waals surface area contributed by atoms with Gasteiger partial charge in [0, 0.05) is 6.20 Å². The van der Waals surface area contributed by atoms with Gasteiger partial charge in [-0.2, -0.15) is 0 Å². The first-order valence-corrected chi connectivity index (χ1v) is 7.66. The molecule has 3 rings (SSSR count). The molecule has 0 radical (unpaired) electrons. The van der Waals surface area contributed by atoms with Gasteiger partial charge in [0.2, 0.25) is 0 Å². The van der Waals surface area contributed by atoms with Crippen LogP contribution < -0.4 is 0 Å². The zero-order valence-corrected chi connectivity index (χ0v) is 13.7. The number of hydrogen-bond donors (Lipinski definition) is 0. The summed E-state index contributed by atoms with van der Waals surface area (Å²) in [5, 5.41) is 9.47. The van der Waals surface area contributed by atoms with Crippen molar-refractivity contribution in [3.05, 3.63) is 58.3 Å². The van der Waals surface area contributed by atoms with E-state index in [9.17, 15) is 0 Å². The summed E-state index contributed by atoms with van der Waals surface area (Å²) in [4.78, 5) is 4.61. The van der Waals surface area contributed by atoms with Crippen molar-refractivity contribution in [2.45, 2.75) is 19.8 Å². The van der Waals surface area contributed by atoms with E-state index in [-0.39, 0.29) is 5.92 Å². The Morgan fingerprint density at radius 2 is 1.86 bits per heavy atom. The van der Waals surface area contributed by atoms with Gasteiger partial charge < -0.3 is 0 Å². The highest BCUT2D eigenvalue weighted by Crippen LogP contribution is 2.34. The minimum absolute atomic E-state index is 0.240. The number of azo groups is 1. The van der Waals surface area contributed by atoms with Crippen molar-refractivity contribution in [1.29, 1.82) is 0 Å². The number of imidazole rings is 1.